The molecule has 4 aromatic carbocycles. The van der Waals surface area contributed by atoms with Crippen LogP contribution in [0.15, 0.2) is 103 Å². The summed E-state index contributed by atoms with van der Waals surface area (Å²) < 4.78 is 2.06. The third kappa shape index (κ3) is 4.59. The molecule has 1 aliphatic rings. The monoisotopic (exact) mass is 533 g/mol. The summed E-state index contributed by atoms with van der Waals surface area (Å²) in [5, 5.41) is 2.62. The highest BCUT2D eigenvalue weighted by Gasteiger charge is 2.29. The first-order valence-corrected chi connectivity index (χ1v) is 13.5. The van der Waals surface area contributed by atoms with Crippen molar-refractivity contribution in [3.8, 4) is 16.9 Å². The lowest BCUT2D eigenvalue weighted by Crippen LogP contribution is -2.50. The number of para-hydroxylation sites is 1. The van der Waals surface area contributed by atoms with Crippen molar-refractivity contribution < 1.29 is 9.59 Å². The van der Waals surface area contributed by atoms with Crippen molar-refractivity contribution in [3.63, 3.8) is 0 Å². The maximum absolute atomic E-state index is 13.8. The van der Waals surface area contributed by atoms with E-state index in [2.05, 4.69) is 4.57 Å². The second kappa shape index (κ2) is 10.4. The Morgan fingerprint density at radius 2 is 1.26 bits per heavy atom. The molecule has 0 N–H and O–H groups in total. The summed E-state index contributed by atoms with van der Waals surface area (Å²) in [5.41, 5.74) is 4.93. The van der Waals surface area contributed by atoms with E-state index in [-0.39, 0.29) is 11.8 Å². The van der Waals surface area contributed by atoms with Gasteiger partial charge in [-0.05, 0) is 47.5 Å². The SMILES string of the molecule is Cc1c(C(=O)N2CCN(C(=O)c3cccc4ccccc34)CC2)cc(-c2ccccc2)n1-c1ccccc1Cl. The lowest BCUT2D eigenvalue weighted by molar-refractivity contribution is 0.0536. The van der Waals surface area contributed by atoms with Crippen LogP contribution in [0.4, 0.5) is 0 Å². The fourth-order valence-electron chi connectivity index (χ4n) is 5.45. The average molecular weight is 534 g/mol. The largest absolute Gasteiger partial charge is 0.335 e. The van der Waals surface area contributed by atoms with Gasteiger partial charge in [0.2, 0.25) is 0 Å². The van der Waals surface area contributed by atoms with Crippen molar-refractivity contribution >= 4 is 34.2 Å². The van der Waals surface area contributed by atoms with Gasteiger partial charge in [-0.15, -0.1) is 0 Å². The summed E-state index contributed by atoms with van der Waals surface area (Å²) in [6.07, 6.45) is 0. The topological polar surface area (TPSA) is 45.6 Å². The molecule has 0 aliphatic carbocycles. The Hall–Kier alpha value is -4.35. The molecule has 5 aromatic rings. The molecule has 5 nitrogen and oxygen atoms in total. The van der Waals surface area contributed by atoms with E-state index in [1.165, 1.54) is 0 Å². The smallest absolute Gasteiger partial charge is 0.255 e. The minimum absolute atomic E-state index is 0.00585. The van der Waals surface area contributed by atoms with Crippen molar-refractivity contribution in [1.82, 2.24) is 14.4 Å². The molecule has 0 radical (unpaired) electrons. The Labute approximate surface area is 232 Å². The highest BCUT2D eigenvalue weighted by Crippen LogP contribution is 2.33. The molecule has 1 aromatic heterocycles. The van der Waals surface area contributed by atoms with E-state index in [1.807, 2.05) is 120 Å². The zero-order valence-corrected chi connectivity index (χ0v) is 22.4. The lowest BCUT2D eigenvalue weighted by Gasteiger charge is -2.35. The number of benzene rings is 4. The fourth-order valence-corrected chi connectivity index (χ4v) is 5.67. The molecule has 1 saturated heterocycles. The minimum atomic E-state index is -0.0345. The Kier molecular flexibility index (Phi) is 6.67. The van der Waals surface area contributed by atoms with Crippen molar-refractivity contribution in [2.24, 2.45) is 0 Å². The predicted octanol–water partition coefficient (Wildman–Crippen LogP) is 6.86. The van der Waals surface area contributed by atoms with Gasteiger partial charge in [-0.3, -0.25) is 9.59 Å². The first-order valence-electron chi connectivity index (χ1n) is 13.1. The number of aromatic nitrogens is 1. The van der Waals surface area contributed by atoms with Crippen LogP contribution in [0.5, 0.6) is 0 Å². The van der Waals surface area contributed by atoms with Gasteiger partial charge in [0.25, 0.3) is 11.8 Å². The maximum Gasteiger partial charge on any atom is 0.255 e. The van der Waals surface area contributed by atoms with Crippen LogP contribution in [0.3, 0.4) is 0 Å². The highest BCUT2D eigenvalue weighted by atomic mass is 35.5. The van der Waals surface area contributed by atoms with Gasteiger partial charge in [0.15, 0.2) is 0 Å². The van der Waals surface area contributed by atoms with Gasteiger partial charge in [-0.2, -0.15) is 0 Å². The number of rotatable bonds is 4. The Bertz CT molecular complexity index is 1680. The summed E-state index contributed by atoms with van der Waals surface area (Å²) in [6, 6.07) is 33.4. The Morgan fingerprint density at radius 3 is 1.97 bits per heavy atom. The first-order chi connectivity index (χ1) is 19.0. The van der Waals surface area contributed by atoms with Crippen molar-refractivity contribution in [2.45, 2.75) is 6.92 Å². The van der Waals surface area contributed by atoms with Crippen LogP contribution in [0.1, 0.15) is 26.4 Å². The number of halogens is 1. The second-order valence-electron chi connectivity index (χ2n) is 9.79. The van der Waals surface area contributed by atoms with Crippen LogP contribution >= 0.6 is 11.6 Å². The number of amides is 2. The van der Waals surface area contributed by atoms with Crippen LogP contribution < -0.4 is 0 Å². The molecule has 194 valence electrons. The van der Waals surface area contributed by atoms with Gasteiger partial charge in [0.05, 0.1) is 22.0 Å². The van der Waals surface area contributed by atoms with Crippen LogP contribution in [-0.2, 0) is 0 Å². The Morgan fingerprint density at radius 1 is 0.667 bits per heavy atom. The molecule has 39 heavy (non-hydrogen) atoms. The van der Waals surface area contributed by atoms with Gasteiger partial charge < -0.3 is 14.4 Å². The van der Waals surface area contributed by atoms with Crippen LogP contribution in [0, 0.1) is 6.92 Å². The van der Waals surface area contributed by atoms with Gasteiger partial charge in [0.1, 0.15) is 0 Å². The minimum Gasteiger partial charge on any atom is -0.335 e. The predicted molar refractivity (Wildman–Crippen MR) is 157 cm³/mol. The standard InChI is InChI=1S/C33H28ClN3O2/c1-23-28(22-31(25-11-3-2-4-12-25)37(23)30-17-8-7-16-29(30)34)33(39)36-20-18-35(19-21-36)32(38)27-15-9-13-24-10-5-6-14-26(24)27/h2-17,22H,18-21H2,1H3. The van der Waals surface area contributed by atoms with Crippen LogP contribution in [0.2, 0.25) is 5.02 Å². The van der Waals surface area contributed by atoms with E-state index in [1.54, 1.807) is 0 Å². The quantitative estimate of drug-likeness (QED) is 0.253. The molecule has 0 unspecified atom stereocenters. The van der Waals surface area contributed by atoms with Crippen molar-refractivity contribution in [3.05, 3.63) is 125 Å². The summed E-state index contributed by atoms with van der Waals surface area (Å²) in [4.78, 5) is 30.9. The van der Waals surface area contributed by atoms with Crippen LogP contribution in [0.25, 0.3) is 27.7 Å². The summed E-state index contributed by atoms with van der Waals surface area (Å²) in [6.45, 7) is 3.90. The number of carbonyl (C=O) groups is 2. The van der Waals surface area contributed by atoms with Gasteiger partial charge >= 0.3 is 0 Å². The average Bonchev–Trinajstić information content (AvgIpc) is 3.33. The number of hydrogen-bond donors (Lipinski definition) is 0. The molecule has 0 bridgehead atoms. The third-order valence-corrected chi connectivity index (χ3v) is 7.83. The Balaban J connectivity index is 1.27. The molecule has 1 aliphatic heterocycles. The molecule has 2 heterocycles. The molecule has 6 rings (SSSR count). The van der Waals surface area contributed by atoms with E-state index in [0.717, 1.165) is 33.4 Å². The van der Waals surface area contributed by atoms with Crippen LogP contribution in [-0.4, -0.2) is 52.4 Å². The number of nitrogens with zero attached hydrogens (tertiary/aromatic N) is 3. The van der Waals surface area contributed by atoms with Gasteiger partial charge in [-0.25, -0.2) is 0 Å². The van der Waals surface area contributed by atoms with E-state index in [4.69, 9.17) is 11.6 Å². The zero-order chi connectivity index (χ0) is 26.9. The normalized spacial score (nSPS) is 13.6. The molecular formula is C33H28ClN3O2. The number of fused-ring (bicyclic) bond motifs is 1. The first kappa shape index (κ1) is 25.0. The number of hydrogen-bond acceptors (Lipinski definition) is 2. The number of carbonyl (C=O) groups excluding carboxylic acids is 2. The summed E-state index contributed by atoms with van der Waals surface area (Å²) >= 11 is 6.61. The fraction of sp³-hybridized carbons (Fsp3) is 0.152. The summed E-state index contributed by atoms with van der Waals surface area (Å²) in [5.74, 6) is -0.0286. The molecule has 0 atom stereocenters. The third-order valence-electron chi connectivity index (χ3n) is 7.51. The lowest BCUT2D eigenvalue weighted by atomic mass is 10.0. The van der Waals surface area contributed by atoms with Gasteiger partial charge in [0, 0.05) is 37.4 Å². The maximum atomic E-state index is 13.8. The number of piperazine rings is 1. The molecule has 0 spiro atoms. The second-order valence-corrected chi connectivity index (χ2v) is 10.2. The van der Waals surface area contributed by atoms with Crippen molar-refractivity contribution in [2.75, 3.05) is 26.2 Å². The van der Waals surface area contributed by atoms with E-state index >= 15 is 0 Å². The van der Waals surface area contributed by atoms with E-state index in [0.29, 0.717) is 42.3 Å². The molecule has 1 fully saturated rings. The zero-order valence-electron chi connectivity index (χ0n) is 21.7. The van der Waals surface area contributed by atoms with Gasteiger partial charge in [-0.1, -0.05) is 90.5 Å². The highest BCUT2D eigenvalue weighted by molar-refractivity contribution is 6.32. The van der Waals surface area contributed by atoms with E-state index < -0.39 is 0 Å². The molecule has 6 heteroatoms. The molecular weight excluding hydrogens is 506 g/mol. The molecule has 0 saturated carbocycles. The summed E-state index contributed by atoms with van der Waals surface area (Å²) in [7, 11) is 0. The van der Waals surface area contributed by atoms with Crippen molar-refractivity contribution in [1.29, 1.82) is 0 Å². The molecule has 2 amide bonds. The van der Waals surface area contributed by atoms with E-state index in [9.17, 15) is 9.59 Å².